The molecule has 0 aliphatic carbocycles. The third kappa shape index (κ3) is 6.11. The number of amides is 1. The molecule has 0 fully saturated rings. The second-order valence-electron chi connectivity index (χ2n) is 7.17. The minimum absolute atomic E-state index is 0.0553. The van der Waals surface area contributed by atoms with E-state index in [1.807, 2.05) is 60.7 Å². The molecule has 0 unspecified atom stereocenters. The van der Waals surface area contributed by atoms with Crippen LogP contribution in [0, 0.1) is 0 Å². The van der Waals surface area contributed by atoms with Crippen LogP contribution in [0.5, 0.6) is 17.5 Å². The van der Waals surface area contributed by atoms with E-state index >= 15 is 0 Å². The lowest BCUT2D eigenvalue weighted by atomic mass is 10.2. The Hall–Kier alpha value is -3.84. The third-order valence-electron chi connectivity index (χ3n) is 4.74. The van der Waals surface area contributed by atoms with Gasteiger partial charge in [-0.2, -0.15) is 4.98 Å². The summed E-state index contributed by atoms with van der Waals surface area (Å²) in [6, 6.07) is 27.4. The van der Waals surface area contributed by atoms with Gasteiger partial charge in [-0.15, -0.1) is 0 Å². The fourth-order valence-corrected chi connectivity index (χ4v) is 3.39. The first-order valence-electron chi connectivity index (χ1n) is 10.2. The summed E-state index contributed by atoms with van der Waals surface area (Å²) in [6.07, 6.45) is 0. The van der Waals surface area contributed by atoms with Crippen LogP contribution in [-0.4, -0.2) is 16.0 Å². The molecule has 2 N–H and O–H groups in total. The molecule has 0 bridgehead atoms. The molecule has 1 amide bonds. The number of carbonyl (C=O) groups excluding carboxylic acids is 1. The average Bonchev–Trinajstić information content (AvgIpc) is 2.84. The molecular weight excluding hydrogens is 484 g/mol. The van der Waals surface area contributed by atoms with E-state index in [-0.39, 0.29) is 29.5 Å². The van der Waals surface area contributed by atoms with E-state index in [1.165, 1.54) is 6.07 Å². The molecule has 0 saturated heterocycles. The maximum absolute atomic E-state index is 13.0. The quantitative estimate of drug-likeness (QED) is 0.289. The van der Waals surface area contributed by atoms with Gasteiger partial charge in [-0.1, -0.05) is 76.6 Å². The van der Waals surface area contributed by atoms with Crippen molar-refractivity contribution in [1.82, 2.24) is 4.98 Å². The van der Waals surface area contributed by atoms with Gasteiger partial charge in [0.25, 0.3) is 5.91 Å². The average molecular weight is 505 g/mol. The first kappa shape index (κ1) is 22.4. The molecule has 0 saturated carbocycles. The van der Waals surface area contributed by atoms with Crippen molar-refractivity contribution in [3.8, 4) is 17.5 Å². The summed E-state index contributed by atoms with van der Waals surface area (Å²) < 4.78 is 12.4. The Labute approximate surface area is 200 Å². The van der Waals surface area contributed by atoms with Gasteiger partial charge in [0.2, 0.25) is 11.8 Å². The molecule has 1 heterocycles. The number of carbonyl (C=O) groups is 1. The Balaban J connectivity index is 1.56. The Bertz CT molecular complexity index is 1230. The Kier molecular flexibility index (Phi) is 7.22. The van der Waals surface area contributed by atoms with Crippen LogP contribution in [0.2, 0.25) is 0 Å². The lowest BCUT2D eigenvalue weighted by molar-refractivity contribution is 0.102. The molecule has 0 spiro atoms. The van der Waals surface area contributed by atoms with Crippen LogP contribution in [0.15, 0.2) is 95.5 Å². The number of hydrogen-bond acceptors (Lipinski definition) is 5. The summed E-state index contributed by atoms with van der Waals surface area (Å²) >= 11 is 3.28. The molecule has 33 heavy (non-hydrogen) atoms. The Morgan fingerprint density at radius 1 is 0.848 bits per heavy atom. The topological polar surface area (TPSA) is 80.7 Å². The van der Waals surface area contributed by atoms with Crippen molar-refractivity contribution in [3.05, 3.63) is 112 Å². The molecule has 6 nitrogen and oxygen atoms in total. The lowest BCUT2D eigenvalue weighted by Crippen LogP contribution is -2.15. The number of anilines is 1. The van der Waals surface area contributed by atoms with Crippen LogP contribution in [0.3, 0.4) is 0 Å². The number of halogens is 1. The maximum atomic E-state index is 13.0. The minimum atomic E-state index is -0.460. The van der Waals surface area contributed by atoms with Crippen LogP contribution < -0.4 is 14.8 Å². The first-order valence-corrected chi connectivity index (χ1v) is 11.0. The van der Waals surface area contributed by atoms with E-state index in [4.69, 9.17) is 9.47 Å². The Morgan fingerprint density at radius 2 is 1.48 bits per heavy atom. The summed E-state index contributed by atoms with van der Waals surface area (Å²) in [5.41, 5.74) is 2.44. The van der Waals surface area contributed by atoms with E-state index in [2.05, 4.69) is 26.2 Å². The number of aromatic hydroxyl groups is 1. The smallest absolute Gasteiger partial charge is 0.261 e. The van der Waals surface area contributed by atoms with Crippen LogP contribution in [0.1, 0.15) is 21.5 Å². The normalized spacial score (nSPS) is 10.5. The van der Waals surface area contributed by atoms with Crippen molar-refractivity contribution < 1.29 is 19.4 Å². The van der Waals surface area contributed by atoms with E-state index < -0.39 is 5.91 Å². The highest BCUT2D eigenvalue weighted by atomic mass is 79.9. The number of phenolic OH excluding ortho intramolecular Hbond substituents is 1. The number of pyridine rings is 1. The van der Waals surface area contributed by atoms with Crippen molar-refractivity contribution in [3.63, 3.8) is 0 Å². The van der Waals surface area contributed by atoms with Gasteiger partial charge in [0.1, 0.15) is 24.5 Å². The Morgan fingerprint density at radius 3 is 2.12 bits per heavy atom. The summed E-state index contributed by atoms with van der Waals surface area (Å²) in [5.74, 6) is -0.0403. The lowest BCUT2D eigenvalue weighted by Gasteiger charge is -2.14. The summed E-state index contributed by atoms with van der Waals surface area (Å²) in [5, 5.41) is 12.8. The molecule has 0 atom stereocenters. The van der Waals surface area contributed by atoms with E-state index in [0.717, 1.165) is 11.1 Å². The van der Waals surface area contributed by atoms with Gasteiger partial charge in [-0.05, 0) is 35.4 Å². The molecule has 0 aliphatic heterocycles. The predicted octanol–water partition coefficient (Wildman–Crippen LogP) is 5.96. The van der Waals surface area contributed by atoms with Crippen LogP contribution in [-0.2, 0) is 13.2 Å². The van der Waals surface area contributed by atoms with Crippen molar-refractivity contribution in [2.45, 2.75) is 13.2 Å². The zero-order valence-corrected chi connectivity index (χ0v) is 19.2. The number of rotatable bonds is 8. The molecule has 7 heteroatoms. The molecule has 166 valence electrons. The second kappa shape index (κ2) is 10.7. The number of nitrogens with one attached hydrogen (secondary N) is 1. The van der Waals surface area contributed by atoms with Gasteiger partial charge in [-0.3, -0.25) is 4.79 Å². The van der Waals surface area contributed by atoms with Crippen molar-refractivity contribution in [2.24, 2.45) is 0 Å². The maximum Gasteiger partial charge on any atom is 0.261 e. The van der Waals surface area contributed by atoms with Gasteiger partial charge in [0, 0.05) is 10.5 Å². The highest BCUT2D eigenvalue weighted by Crippen LogP contribution is 2.29. The molecule has 3 aromatic carbocycles. The largest absolute Gasteiger partial charge is 0.506 e. The van der Waals surface area contributed by atoms with Gasteiger partial charge in [-0.25, -0.2) is 0 Å². The third-order valence-corrected chi connectivity index (χ3v) is 5.23. The van der Waals surface area contributed by atoms with Gasteiger partial charge >= 0.3 is 0 Å². The molecule has 4 rings (SSSR count). The first-order chi connectivity index (χ1) is 16.1. The summed E-state index contributed by atoms with van der Waals surface area (Å²) in [4.78, 5) is 17.4. The van der Waals surface area contributed by atoms with Gasteiger partial charge in [0.15, 0.2) is 0 Å². The number of benzene rings is 3. The van der Waals surface area contributed by atoms with Crippen molar-refractivity contribution >= 4 is 27.5 Å². The molecular formula is C26H21BrN2O4. The van der Waals surface area contributed by atoms with Crippen molar-refractivity contribution in [2.75, 3.05) is 5.32 Å². The van der Waals surface area contributed by atoms with E-state index in [9.17, 15) is 9.90 Å². The molecule has 0 radical (unpaired) electrons. The number of nitrogens with zero attached hydrogens (tertiary/aromatic N) is 1. The monoisotopic (exact) mass is 504 g/mol. The van der Waals surface area contributed by atoms with E-state index in [1.54, 1.807) is 24.3 Å². The molecule has 0 aliphatic rings. The van der Waals surface area contributed by atoms with Crippen LogP contribution in [0.25, 0.3) is 0 Å². The van der Waals surface area contributed by atoms with Crippen LogP contribution in [0.4, 0.5) is 5.69 Å². The number of aromatic nitrogens is 1. The highest BCUT2D eigenvalue weighted by Gasteiger charge is 2.18. The van der Waals surface area contributed by atoms with Crippen molar-refractivity contribution in [1.29, 1.82) is 0 Å². The minimum Gasteiger partial charge on any atom is -0.506 e. The molecule has 4 aromatic rings. The summed E-state index contributed by atoms with van der Waals surface area (Å²) in [7, 11) is 0. The standard InChI is InChI=1S/C26H21BrN2O4/c27-20-11-13-22(23(30)15-20)28-25(31)21-12-14-24(32-16-18-7-3-1-4-8-18)29-26(21)33-17-19-9-5-2-6-10-19/h1-15,30H,16-17H2,(H,28,31). The molecule has 1 aromatic heterocycles. The number of ether oxygens (including phenoxy) is 2. The number of hydrogen-bond donors (Lipinski definition) is 2. The second-order valence-corrected chi connectivity index (χ2v) is 8.08. The SMILES string of the molecule is O=C(Nc1ccc(Br)cc1O)c1ccc(OCc2ccccc2)nc1OCc1ccccc1. The zero-order valence-electron chi connectivity index (χ0n) is 17.6. The highest BCUT2D eigenvalue weighted by molar-refractivity contribution is 9.10. The fourth-order valence-electron chi connectivity index (χ4n) is 3.04. The van der Waals surface area contributed by atoms with E-state index in [0.29, 0.717) is 17.0 Å². The van der Waals surface area contributed by atoms with Gasteiger partial charge in [0.05, 0.1) is 5.69 Å². The predicted molar refractivity (Wildman–Crippen MR) is 130 cm³/mol. The van der Waals surface area contributed by atoms with Crippen LogP contribution >= 0.6 is 15.9 Å². The fraction of sp³-hybridized carbons (Fsp3) is 0.0769. The summed E-state index contributed by atoms with van der Waals surface area (Å²) in [6.45, 7) is 0.573. The van der Waals surface area contributed by atoms with Gasteiger partial charge < -0.3 is 19.9 Å². The zero-order chi connectivity index (χ0) is 23.0. The number of phenols is 1.